The van der Waals surface area contributed by atoms with Gasteiger partial charge in [-0.2, -0.15) is 0 Å². The fourth-order valence-corrected chi connectivity index (χ4v) is 3.51. The van der Waals surface area contributed by atoms with Gasteiger partial charge < -0.3 is 10.1 Å². The van der Waals surface area contributed by atoms with Gasteiger partial charge in [0.15, 0.2) is 0 Å². The van der Waals surface area contributed by atoms with E-state index in [4.69, 9.17) is 4.74 Å². The van der Waals surface area contributed by atoms with Crippen LogP contribution >= 0.6 is 11.3 Å². The van der Waals surface area contributed by atoms with Crippen molar-refractivity contribution in [3.05, 3.63) is 40.3 Å². The van der Waals surface area contributed by atoms with Crippen molar-refractivity contribution in [3.63, 3.8) is 0 Å². The summed E-state index contributed by atoms with van der Waals surface area (Å²) in [5.41, 5.74) is 3.79. The summed E-state index contributed by atoms with van der Waals surface area (Å²) < 4.78 is 5.55. The number of para-hydroxylation sites is 2. The van der Waals surface area contributed by atoms with Crippen LogP contribution in [0.2, 0.25) is 0 Å². The summed E-state index contributed by atoms with van der Waals surface area (Å²) in [4.78, 5) is 18.1. The number of benzene rings is 1. The lowest BCUT2D eigenvalue weighted by atomic mass is 9.90. The maximum atomic E-state index is 12.5. The lowest BCUT2D eigenvalue weighted by molar-refractivity contribution is -0.120. The van der Waals surface area contributed by atoms with Crippen molar-refractivity contribution in [1.29, 1.82) is 0 Å². The molecular formula is C16H18N2O2S. The first-order valence-electron chi connectivity index (χ1n) is 7.22. The van der Waals surface area contributed by atoms with Crippen LogP contribution in [0, 0.1) is 5.92 Å². The van der Waals surface area contributed by atoms with E-state index in [0.717, 1.165) is 30.7 Å². The minimum atomic E-state index is 0.0210. The molecule has 1 aliphatic carbocycles. The van der Waals surface area contributed by atoms with Gasteiger partial charge in [-0.25, -0.2) is 4.98 Å². The van der Waals surface area contributed by atoms with Crippen LogP contribution < -0.4 is 10.1 Å². The third-order valence-electron chi connectivity index (χ3n) is 3.70. The predicted molar refractivity (Wildman–Crippen MR) is 83.9 cm³/mol. The molecule has 1 aromatic carbocycles. The molecule has 2 aromatic rings. The second-order valence-corrected chi connectivity index (χ2v) is 6.02. The summed E-state index contributed by atoms with van der Waals surface area (Å²) in [6.07, 6.45) is 2.55. The van der Waals surface area contributed by atoms with Gasteiger partial charge in [0, 0.05) is 10.8 Å². The Morgan fingerprint density at radius 1 is 1.48 bits per heavy atom. The van der Waals surface area contributed by atoms with Gasteiger partial charge in [-0.05, 0) is 38.3 Å². The number of hydrogen-bond acceptors (Lipinski definition) is 4. The first-order chi connectivity index (χ1) is 10.3. The maximum absolute atomic E-state index is 12.5. The van der Waals surface area contributed by atoms with E-state index in [-0.39, 0.29) is 11.8 Å². The van der Waals surface area contributed by atoms with Crippen LogP contribution in [0.1, 0.15) is 23.9 Å². The number of ether oxygens (including phenoxy) is 1. The first-order valence-corrected chi connectivity index (χ1v) is 8.09. The molecule has 0 aliphatic heterocycles. The zero-order valence-electron chi connectivity index (χ0n) is 12.0. The van der Waals surface area contributed by atoms with Crippen molar-refractivity contribution < 1.29 is 9.53 Å². The number of aryl methyl sites for hydroxylation is 1. The molecule has 110 valence electrons. The monoisotopic (exact) mass is 302 g/mol. The predicted octanol–water partition coefficient (Wildman–Crippen LogP) is 3.29. The minimum Gasteiger partial charge on any atom is -0.492 e. The Hall–Kier alpha value is -1.88. The summed E-state index contributed by atoms with van der Waals surface area (Å²) in [5, 5.41) is 3.01. The molecule has 1 amide bonds. The van der Waals surface area contributed by atoms with Crippen LogP contribution in [0.3, 0.4) is 0 Å². The topological polar surface area (TPSA) is 51.2 Å². The molecule has 1 aliphatic rings. The third-order valence-corrected chi connectivity index (χ3v) is 4.60. The molecule has 3 rings (SSSR count). The van der Waals surface area contributed by atoms with Crippen molar-refractivity contribution in [2.45, 2.75) is 26.2 Å². The second kappa shape index (κ2) is 6.26. The van der Waals surface area contributed by atoms with Crippen LogP contribution in [0.25, 0.3) is 0 Å². The number of thiazole rings is 1. The van der Waals surface area contributed by atoms with E-state index in [2.05, 4.69) is 10.3 Å². The van der Waals surface area contributed by atoms with Crippen molar-refractivity contribution in [3.8, 4) is 5.75 Å². The number of rotatable bonds is 4. The highest BCUT2D eigenvalue weighted by molar-refractivity contribution is 7.09. The van der Waals surface area contributed by atoms with Crippen LogP contribution in [0.15, 0.2) is 29.8 Å². The minimum absolute atomic E-state index is 0.0210. The molecule has 0 bridgehead atoms. The molecule has 4 nitrogen and oxygen atoms in total. The van der Waals surface area contributed by atoms with E-state index in [1.807, 2.05) is 36.7 Å². The van der Waals surface area contributed by atoms with Crippen LogP contribution in [-0.2, 0) is 17.6 Å². The van der Waals surface area contributed by atoms with Gasteiger partial charge in [0.25, 0.3) is 0 Å². The lowest BCUT2D eigenvalue weighted by Gasteiger charge is -2.21. The molecule has 0 spiro atoms. The Morgan fingerprint density at radius 3 is 3.19 bits per heavy atom. The summed E-state index contributed by atoms with van der Waals surface area (Å²) in [7, 11) is 0. The Labute approximate surface area is 128 Å². The highest BCUT2D eigenvalue weighted by Crippen LogP contribution is 2.30. The number of fused-ring (bicyclic) bond motifs is 1. The Kier molecular flexibility index (Phi) is 4.20. The van der Waals surface area contributed by atoms with Gasteiger partial charge in [0.1, 0.15) is 5.75 Å². The number of carbonyl (C=O) groups is 1. The summed E-state index contributed by atoms with van der Waals surface area (Å²) >= 11 is 1.65. The largest absolute Gasteiger partial charge is 0.492 e. The molecule has 0 saturated heterocycles. The number of nitrogens with one attached hydrogen (secondary N) is 1. The number of nitrogens with zero attached hydrogens (tertiary/aromatic N) is 1. The van der Waals surface area contributed by atoms with E-state index >= 15 is 0 Å². The number of amides is 1. The highest BCUT2D eigenvalue weighted by Gasteiger charge is 2.26. The number of carbonyl (C=O) groups excluding carboxylic acids is 1. The van der Waals surface area contributed by atoms with Crippen molar-refractivity contribution >= 4 is 22.9 Å². The van der Waals surface area contributed by atoms with Crippen molar-refractivity contribution in [2.24, 2.45) is 5.92 Å². The smallest absolute Gasteiger partial charge is 0.227 e. The molecule has 1 N–H and O–H groups in total. The molecule has 1 unspecified atom stereocenters. The molecule has 1 heterocycles. The fraction of sp³-hybridized carbons (Fsp3) is 0.375. The van der Waals surface area contributed by atoms with Gasteiger partial charge in [0.2, 0.25) is 5.91 Å². The van der Waals surface area contributed by atoms with Gasteiger partial charge in [-0.15, -0.1) is 11.3 Å². The first kappa shape index (κ1) is 14.1. The fourth-order valence-electron chi connectivity index (χ4n) is 2.61. The quantitative estimate of drug-likeness (QED) is 0.943. The van der Waals surface area contributed by atoms with Crippen LogP contribution in [0.4, 0.5) is 5.69 Å². The molecule has 5 heteroatoms. The molecule has 1 aromatic heterocycles. The molecule has 0 saturated carbocycles. The Morgan fingerprint density at radius 2 is 2.33 bits per heavy atom. The average Bonchev–Trinajstić information content (AvgIpc) is 2.97. The zero-order valence-corrected chi connectivity index (χ0v) is 12.8. The van der Waals surface area contributed by atoms with Gasteiger partial charge in [-0.3, -0.25) is 4.79 Å². The number of hydrogen-bond donors (Lipinski definition) is 1. The molecule has 0 fully saturated rings. The van der Waals surface area contributed by atoms with Crippen molar-refractivity contribution in [2.75, 3.05) is 11.9 Å². The summed E-state index contributed by atoms with van der Waals surface area (Å²) in [6, 6.07) is 7.57. The highest BCUT2D eigenvalue weighted by atomic mass is 32.1. The van der Waals surface area contributed by atoms with E-state index in [1.165, 1.54) is 10.6 Å². The van der Waals surface area contributed by atoms with Gasteiger partial charge in [-0.1, -0.05) is 12.1 Å². The SMILES string of the molecule is CCOc1ccccc1NC(=O)C1CCc2ncsc2C1. The van der Waals surface area contributed by atoms with E-state index < -0.39 is 0 Å². The zero-order chi connectivity index (χ0) is 14.7. The number of anilines is 1. The molecular weight excluding hydrogens is 284 g/mol. The standard InChI is InChI=1S/C16H18N2O2S/c1-2-20-14-6-4-3-5-12(14)18-16(19)11-7-8-13-15(9-11)21-10-17-13/h3-6,10-11H,2,7-9H2,1H3,(H,18,19). The maximum Gasteiger partial charge on any atom is 0.227 e. The van der Waals surface area contributed by atoms with E-state index in [9.17, 15) is 4.79 Å². The summed E-state index contributed by atoms with van der Waals surface area (Å²) in [6.45, 7) is 2.52. The molecule has 21 heavy (non-hydrogen) atoms. The van der Waals surface area contributed by atoms with Crippen LogP contribution in [0.5, 0.6) is 5.75 Å². The third kappa shape index (κ3) is 3.08. The number of aromatic nitrogens is 1. The second-order valence-electron chi connectivity index (χ2n) is 5.08. The average molecular weight is 302 g/mol. The van der Waals surface area contributed by atoms with Crippen LogP contribution in [-0.4, -0.2) is 17.5 Å². The normalized spacial score (nSPS) is 17.1. The van der Waals surface area contributed by atoms with E-state index in [1.54, 1.807) is 11.3 Å². The van der Waals surface area contributed by atoms with Gasteiger partial charge in [0.05, 0.1) is 23.5 Å². The van der Waals surface area contributed by atoms with E-state index in [0.29, 0.717) is 6.61 Å². The Bertz CT molecular complexity index is 639. The molecule has 1 atom stereocenters. The molecule has 0 radical (unpaired) electrons. The Balaban J connectivity index is 1.70. The summed E-state index contributed by atoms with van der Waals surface area (Å²) in [5.74, 6) is 0.816. The van der Waals surface area contributed by atoms with Gasteiger partial charge >= 0.3 is 0 Å². The lowest BCUT2D eigenvalue weighted by Crippen LogP contribution is -2.27. The van der Waals surface area contributed by atoms with Crippen molar-refractivity contribution in [1.82, 2.24) is 4.98 Å².